The van der Waals surface area contributed by atoms with E-state index in [-0.39, 0.29) is 17.4 Å². The fourth-order valence-corrected chi connectivity index (χ4v) is 2.06. The number of nitrogens with two attached hydrogens (primary N) is 1. The summed E-state index contributed by atoms with van der Waals surface area (Å²) in [5.41, 5.74) is 5.31. The minimum atomic E-state index is -4.70. The van der Waals surface area contributed by atoms with Crippen molar-refractivity contribution in [1.82, 2.24) is 9.97 Å². The van der Waals surface area contributed by atoms with Gasteiger partial charge in [-0.25, -0.2) is 4.98 Å². The Labute approximate surface area is 124 Å². The average molecular weight is 369 g/mol. The lowest BCUT2D eigenvalue weighted by molar-refractivity contribution is -0.145. The van der Waals surface area contributed by atoms with E-state index in [4.69, 9.17) is 22.1 Å². The molecule has 1 aromatic heterocycles. The van der Waals surface area contributed by atoms with Crippen LogP contribution in [-0.4, -0.2) is 9.97 Å². The van der Waals surface area contributed by atoms with Gasteiger partial charge in [-0.2, -0.15) is 18.2 Å². The molecule has 1 aromatic carbocycles. The lowest BCUT2D eigenvalue weighted by atomic mass is 10.3. The SMILES string of the molecule is Nc1cc(Oc2ccc(Cl)cc2Br)nc(C(F)(F)F)n1. The van der Waals surface area contributed by atoms with Crippen LogP contribution < -0.4 is 10.5 Å². The molecule has 0 radical (unpaired) electrons. The molecular weight excluding hydrogens is 362 g/mol. The Bertz CT molecular complexity index is 651. The van der Waals surface area contributed by atoms with Crippen LogP contribution in [-0.2, 0) is 6.18 Å². The number of nitrogen functional groups attached to an aromatic ring is 1. The summed E-state index contributed by atoms with van der Waals surface area (Å²) in [5.74, 6) is -1.77. The van der Waals surface area contributed by atoms with E-state index >= 15 is 0 Å². The third-order valence-corrected chi connectivity index (χ3v) is 2.94. The molecule has 2 N–H and O–H groups in total. The fraction of sp³-hybridized carbons (Fsp3) is 0.0909. The van der Waals surface area contributed by atoms with Crippen molar-refractivity contribution in [3.05, 3.63) is 39.6 Å². The predicted molar refractivity (Wildman–Crippen MR) is 70.7 cm³/mol. The lowest BCUT2D eigenvalue weighted by Crippen LogP contribution is -2.12. The smallest absolute Gasteiger partial charge is 0.438 e. The number of alkyl halides is 3. The quantitative estimate of drug-likeness (QED) is 0.859. The van der Waals surface area contributed by atoms with Gasteiger partial charge in [0.2, 0.25) is 11.7 Å². The number of anilines is 1. The Morgan fingerprint density at radius 2 is 1.90 bits per heavy atom. The molecule has 0 amide bonds. The molecule has 0 saturated heterocycles. The Morgan fingerprint density at radius 1 is 1.20 bits per heavy atom. The minimum absolute atomic E-state index is 0.251. The molecule has 0 aliphatic carbocycles. The first-order chi connectivity index (χ1) is 9.25. The number of hydrogen-bond donors (Lipinski definition) is 1. The predicted octanol–water partition coefficient (Wildman–Crippen LogP) is 4.29. The highest BCUT2D eigenvalue weighted by atomic mass is 79.9. The van der Waals surface area contributed by atoms with E-state index in [1.165, 1.54) is 18.2 Å². The number of benzene rings is 1. The van der Waals surface area contributed by atoms with Crippen molar-refractivity contribution in [2.45, 2.75) is 6.18 Å². The van der Waals surface area contributed by atoms with Gasteiger partial charge in [0.1, 0.15) is 11.6 Å². The van der Waals surface area contributed by atoms with E-state index in [1.54, 1.807) is 0 Å². The maximum Gasteiger partial charge on any atom is 0.451 e. The summed E-state index contributed by atoms with van der Waals surface area (Å²) >= 11 is 8.93. The van der Waals surface area contributed by atoms with Crippen molar-refractivity contribution >= 4 is 33.3 Å². The molecule has 4 nitrogen and oxygen atoms in total. The van der Waals surface area contributed by atoms with Gasteiger partial charge in [-0.15, -0.1) is 0 Å². The molecule has 1 heterocycles. The molecule has 106 valence electrons. The lowest BCUT2D eigenvalue weighted by Gasteiger charge is -2.10. The standard InChI is InChI=1S/C11H6BrClF3N3O/c12-6-3-5(13)1-2-7(6)20-9-4-8(17)18-10(19-9)11(14,15)16/h1-4H,(H2,17,18,19). The first kappa shape index (κ1) is 14.9. The van der Waals surface area contributed by atoms with Gasteiger partial charge in [-0.05, 0) is 34.1 Å². The van der Waals surface area contributed by atoms with Gasteiger partial charge >= 0.3 is 6.18 Å². The Balaban J connectivity index is 2.36. The minimum Gasteiger partial charge on any atom is -0.438 e. The van der Waals surface area contributed by atoms with E-state index in [0.29, 0.717) is 9.50 Å². The first-order valence-electron chi connectivity index (χ1n) is 5.10. The van der Waals surface area contributed by atoms with Gasteiger partial charge in [0.05, 0.1) is 4.47 Å². The zero-order valence-corrected chi connectivity index (χ0v) is 11.9. The van der Waals surface area contributed by atoms with E-state index in [1.807, 2.05) is 0 Å². The van der Waals surface area contributed by atoms with Gasteiger partial charge in [-0.1, -0.05) is 11.6 Å². The Kier molecular flexibility index (Phi) is 4.05. The molecule has 0 aliphatic rings. The van der Waals surface area contributed by atoms with Crippen LogP contribution in [0.4, 0.5) is 19.0 Å². The van der Waals surface area contributed by atoms with Gasteiger partial charge < -0.3 is 10.5 Å². The van der Waals surface area contributed by atoms with Crippen LogP contribution >= 0.6 is 27.5 Å². The molecular formula is C11H6BrClF3N3O. The highest BCUT2D eigenvalue weighted by Crippen LogP contribution is 2.33. The van der Waals surface area contributed by atoms with Crippen LogP contribution in [0.1, 0.15) is 5.82 Å². The molecule has 20 heavy (non-hydrogen) atoms. The second kappa shape index (κ2) is 5.45. The maximum atomic E-state index is 12.6. The van der Waals surface area contributed by atoms with Crippen molar-refractivity contribution in [2.75, 3.05) is 5.73 Å². The number of rotatable bonds is 2. The van der Waals surface area contributed by atoms with Crippen LogP contribution in [0.15, 0.2) is 28.7 Å². The van der Waals surface area contributed by atoms with Crippen LogP contribution in [0.3, 0.4) is 0 Å². The highest BCUT2D eigenvalue weighted by Gasteiger charge is 2.35. The molecule has 0 bridgehead atoms. The molecule has 0 unspecified atom stereocenters. The third kappa shape index (κ3) is 3.51. The highest BCUT2D eigenvalue weighted by molar-refractivity contribution is 9.10. The van der Waals surface area contributed by atoms with E-state index in [2.05, 4.69) is 25.9 Å². The summed E-state index contributed by atoms with van der Waals surface area (Å²) in [5, 5.41) is 0.447. The zero-order chi connectivity index (χ0) is 14.9. The first-order valence-corrected chi connectivity index (χ1v) is 6.27. The van der Waals surface area contributed by atoms with Crippen LogP contribution in [0.5, 0.6) is 11.6 Å². The molecule has 2 aromatic rings. The summed E-state index contributed by atoms with van der Waals surface area (Å²) in [4.78, 5) is 6.38. The van der Waals surface area contributed by atoms with Crippen LogP contribution in [0, 0.1) is 0 Å². The number of aromatic nitrogens is 2. The largest absolute Gasteiger partial charge is 0.451 e. The van der Waals surface area contributed by atoms with E-state index in [9.17, 15) is 13.2 Å². The molecule has 9 heteroatoms. The number of nitrogens with zero attached hydrogens (tertiary/aromatic N) is 2. The maximum absolute atomic E-state index is 12.6. The topological polar surface area (TPSA) is 61.0 Å². The molecule has 0 aliphatic heterocycles. The summed E-state index contributed by atoms with van der Waals surface area (Å²) in [6.45, 7) is 0. The van der Waals surface area contributed by atoms with Crippen molar-refractivity contribution in [3.63, 3.8) is 0 Å². The number of hydrogen-bond acceptors (Lipinski definition) is 4. The van der Waals surface area contributed by atoms with Gasteiger partial charge in [0.15, 0.2) is 0 Å². The van der Waals surface area contributed by atoms with E-state index in [0.717, 1.165) is 6.07 Å². The van der Waals surface area contributed by atoms with Crippen molar-refractivity contribution < 1.29 is 17.9 Å². The van der Waals surface area contributed by atoms with Gasteiger partial charge in [0, 0.05) is 11.1 Å². The summed E-state index contributed by atoms with van der Waals surface area (Å²) in [6.07, 6.45) is -4.70. The number of ether oxygens (including phenoxy) is 1. The van der Waals surface area contributed by atoms with Gasteiger partial charge in [0.25, 0.3) is 0 Å². The molecule has 0 saturated carbocycles. The zero-order valence-electron chi connectivity index (χ0n) is 9.58. The molecule has 0 atom stereocenters. The van der Waals surface area contributed by atoms with Crippen LogP contribution in [0.25, 0.3) is 0 Å². The average Bonchev–Trinajstić information content (AvgIpc) is 2.31. The van der Waals surface area contributed by atoms with E-state index < -0.39 is 12.0 Å². The molecule has 2 rings (SSSR count). The summed E-state index contributed by atoms with van der Waals surface area (Å²) < 4.78 is 43.4. The third-order valence-electron chi connectivity index (χ3n) is 2.08. The Hall–Kier alpha value is -1.54. The van der Waals surface area contributed by atoms with Gasteiger partial charge in [-0.3, -0.25) is 0 Å². The molecule has 0 fully saturated rings. The number of halogens is 5. The fourth-order valence-electron chi connectivity index (χ4n) is 1.29. The monoisotopic (exact) mass is 367 g/mol. The summed E-state index contributed by atoms with van der Waals surface area (Å²) in [7, 11) is 0. The van der Waals surface area contributed by atoms with Crippen molar-refractivity contribution in [3.8, 4) is 11.6 Å². The summed E-state index contributed by atoms with van der Waals surface area (Å²) in [6, 6.07) is 5.64. The molecule has 0 spiro atoms. The normalized spacial score (nSPS) is 11.4. The van der Waals surface area contributed by atoms with Crippen molar-refractivity contribution in [2.24, 2.45) is 0 Å². The van der Waals surface area contributed by atoms with Crippen LogP contribution in [0.2, 0.25) is 5.02 Å². The second-order valence-corrected chi connectivity index (χ2v) is 4.92. The van der Waals surface area contributed by atoms with Crippen molar-refractivity contribution in [1.29, 1.82) is 0 Å². The second-order valence-electron chi connectivity index (χ2n) is 3.63. The Morgan fingerprint density at radius 3 is 2.50 bits per heavy atom.